The third kappa shape index (κ3) is 10.5. The van der Waals surface area contributed by atoms with Gasteiger partial charge in [0.2, 0.25) is 0 Å². The van der Waals surface area contributed by atoms with Crippen LogP contribution in [0.3, 0.4) is 0 Å². The van der Waals surface area contributed by atoms with Crippen molar-refractivity contribution in [3.8, 4) is 0 Å². The van der Waals surface area contributed by atoms with E-state index in [0.717, 1.165) is 0 Å². The molecule has 0 aromatic rings. The number of hydrogen-bond donors (Lipinski definition) is 0. The average molecular weight is 261 g/mol. The van der Waals surface area contributed by atoms with Crippen molar-refractivity contribution in [1.29, 1.82) is 0 Å². The van der Waals surface area contributed by atoms with Crippen LogP contribution in [-0.4, -0.2) is 65.4 Å². The molecule has 0 spiro atoms. The zero-order valence-electron chi connectivity index (χ0n) is 10.7. The third-order valence-electron chi connectivity index (χ3n) is 2.60. The molecule has 0 aromatic heterocycles. The molecule has 86 valence electrons. The summed E-state index contributed by atoms with van der Waals surface area (Å²) in [6.45, 7) is 2.56. The molecule has 0 aliphatic rings. The van der Waals surface area contributed by atoms with Gasteiger partial charge in [0.25, 0.3) is 0 Å². The van der Waals surface area contributed by atoms with E-state index in [0.29, 0.717) is 0 Å². The summed E-state index contributed by atoms with van der Waals surface area (Å²) in [5.74, 6) is 2.57. The Labute approximate surface area is 94.8 Å². The fourth-order valence-corrected chi connectivity index (χ4v) is 5.95. The van der Waals surface area contributed by atoms with Crippen molar-refractivity contribution >= 4 is 14.3 Å². The van der Waals surface area contributed by atoms with Crippen LogP contribution in [0.5, 0.6) is 0 Å². The zero-order chi connectivity index (χ0) is 11.0. The van der Waals surface area contributed by atoms with Gasteiger partial charge >= 0.3 is 94.5 Å². The van der Waals surface area contributed by atoms with Crippen LogP contribution in [0.2, 0.25) is 16.3 Å². The summed E-state index contributed by atoms with van der Waals surface area (Å²) in [6, 6.07) is 0. The Morgan fingerprint density at radius 1 is 0.786 bits per heavy atom. The Morgan fingerprint density at radius 2 is 1.14 bits per heavy atom. The summed E-state index contributed by atoms with van der Waals surface area (Å²) in [5, 5.41) is 3.14. The molecule has 0 aliphatic carbocycles. The van der Waals surface area contributed by atoms with Gasteiger partial charge in [-0.2, -0.15) is 0 Å². The van der Waals surface area contributed by atoms with Gasteiger partial charge in [-0.25, -0.2) is 0 Å². The molecule has 2 nitrogen and oxygen atoms in total. The maximum atomic E-state index is 2.57. The van der Waals surface area contributed by atoms with Crippen LogP contribution in [0, 0.1) is 0 Å². The van der Waals surface area contributed by atoms with Crippen LogP contribution in [-0.2, 0) is 0 Å². The van der Waals surface area contributed by atoms with Crippen molar-refractivity contribution in [2.75, 3.05) is 41.3 Å². The Bertz CT molecular complexity index is 112. The standard InChI is InChI=1S/C11H28GeN2/c1-12(8-6-10-13(2)3)9-7-11-14(4)5/h12H,6-11H2,1-5H3. The van der Waals surface area contributed by atoms with Gasteiger partial charge in [0.05, 0.1) is 0 Å². The molecule has 0 bridgehead atoms. The SMILES string of the molecule is CN(C)CC[CH2][GeH]([CH3])[CH2]CCN(C)C. The minimum absolute atomic E-state index is 0.818. The molecule has 0 heterocycles. The second kappa shape index (κ2) is 8.75. The predicted molar refractivity (Wildman–Crippen MR) is 69.0 cm³/mol. The second-order valence-corrected chi connectivity index (χ2v) is 12.1. The summed E-state index contributed by atoms with van der Waals surface area (Å²) in [7, 11) is 8.68. The van der Waals surface area contributed by atoms with Gasteiger partial charge in [-0.3, -0.25) is 0 Å². The molecule has 0 fully saturated rings. The Balaban J connectivity index is 3.23. The van der Waals surface area contributed by atoms with E-state index in [1.807, 2.05) is 0 Å². The number of hydrogen-bond acceptors (Lipinski definition) is 2. The molecule has 3 heteroatoms. The van der Waals surface area contributed by atoms with Crippen molar-refractivity contribution in [3.05, 3.63) is 0 Å². The maximum absolute atomic E-state index is 2.57. The van der Waals surface area contributed by atoms with E-state index in [4.69, 9.17) is 0 Å². The fourth-order valence-electron chi connectivity index (χ4n) is 1.66. The first-order valence-electron chi connectivity index (χ1n) is 5.82. The molecule has 14 heavy (non-hydrogen) atoms. The van der Waals surface area contributed by atoms with Gasteiger partial charge in [-0.15, -0.1) is 0 Å². The first kappa shape index (κ1) is 14.5. The van der Waals surface area contributed by atoms with E-state index in [-0.39, 0.29) is 0 Å². The minimum atomic E-state index is -0.818. The van der Waals surface area contributed by atoms with E-state index in [2.05, 4.69) is 43.7 Å². The molecule has 0 aromatic carbocycles. The summed E-state index contributed by atoms with van der Waals surface area (Å²) >= 11 is -0.818. The van der Waals surface area contributed by atoms with Crippen LogP contribution >= 0.6 is 0 Å². The van der Waals surface area contributed by atoms with Gasteiger partial charge in [0, 0.05) is 0 Å². The van der Waals surface area contributed by atoms with E-state index in [1.54, 1.807) is 10.5 Å². The first-order valence-corrected chi connectivity index (χ1v) is 11.7. The van der Waals surface area contributed by atoms with Crippen LogP contribution in [0.15, 0.2) is 0 Å². The van der Waals surface area contributed by atoms with Crippen molar-refractivity contribution in [3.63, 3.8) is 0 Å². The van der Waals surface area contributed by atoms with Gasteiger partial charge in [0.1, 0.15) is 0 Å². The Kier molecular flexibility index (Phi) is 9.03. The molecular weight excluding hydrogens is 233 g/mol. The molecule has 0 amide bonds. The van der Waals surface area contributed by atoms with Crippen LogP contribution < -0.4 is 0 Å². The van der Waals surface area contributed by atoms with E-state index in [1.165, 1.54) is 25.9 Å². The molecule has 0 N–H and O–H groups in total. The molecule has 0 saturated carbocycles. The van der Waals surface area contributed by atoms with Crippen molar-refractivity contribution in [2.45, 2.75) is 29.1 Å². The van der Waals surface area contributed by atoms with E-state index >= 15 is 0 Å². The second-order valence-electron chi connectivity index (χ2n) is 5.00. The molecule has 0 atom stereocenters. The number of rotatable bonds is 8. The quantitative estimate of drug-likeness (QED) is 0.614. The first-order chi connectivity index (χ1) is 6.52. The summed E-state index contributed by atoms with van der Waals surface area (Å²) < 4.78 is 0. The van der Waals surface area contributed by atoms with Crippen LogP contribution in [0.4, 0.5) is 0 Å². The Morgan fingerprint density at radius 3 is 1.43 bits per heavy atom. The van der Waals surface area contributed by atoms with Crippen molar-refractivity contribution < 1.29 is 0 Å². The average Bonchev–Trinajstić information content (AvgIpc) is 2.02. The van der Waals surface area contributed by atoms with Crippen LogP contribution in [0.25, 0.3) is 0 Å². The fraction of sp³-hybridized carbons (Fsp3) is 1.00. The predicted octanol–water partition coefficient (Wildman–Crippen LogP) is 1.75. The summed E-state index contributed by atoms with van der Waals surface area (Å²) in [6.07, 6.45) is 2.85. The van der Waals surface area contributed by atoms with Gasteiger partial charge in [-0.1, -0.05) is 0 Å². The Hall–Kier alpha value is 0.463. The molecule has 0 radical (unpaired) electrons. The monoisotopic (exact) mass is 262 g/mol. The molecule has 0 unspecified atom stereocenters. The van der Waals surface area contributed by atoms with Gasteiger partial charge in [0.15, 0.2) is 0 Å². The van der Waals surface area contributed by atoms with Crippen LogP contribution in [0.1, 0.15) is 12.8 Å². The summed E-state index contributed by atoms with van der Waals surface area (Å²) in [4.78, 5) is 4.60. The van der Waals surface area contributed by atoms with Crippen molar-refractivity contribution in [2.24, 2.45) is 0 Å². The van der Waals surface area contributed by atoms with E-state index < -0.39 is 14.3 Å². The zero-order valence-corrected chi connectivity index (χ0v) is 13.1. The van der Waals surface area contributed by atoms with Gasteiger partial charge < -0.3 is 0 Å². The van der Waals surface area contributed by atoms with E-state index in [9.17, 15) is 0 Å². The normalized spacial score (nSPS) is 12.0. The van der Waals surface area contributed by atoms with Crippen molar-refractivity contribution in [1.82, 2.24) is 9.80 Å². The van der Waals surface area contributed by atoms with Gasteiger partial charge in [-0.05, 0) is 0 Å². The number of nitrogens with zero attached hydrogens (tertiary/aromatic N) is 2. The third-order valence-corrected chi connectivity index (χ3v) is 8.45. The molecule has 0 aliphatic heterocycles. The molecule has 0 saturated heterocycles. The molecular formula is C11H28GeN2. The summed E-state index contributed by atoms with van der Waals surface area (Å²) in [5.41, 5.74) is 0. The molecule has 0 rings (SSSR count). The topological polar surface area (TPSA) is 6.48 Å².